The number of hydrogen-bond donors (Lipinski definition) is 2. The van der Waals surface area contributed by atoms with Gasteiger partial charge in [-0.1, -0.05) is 38.5 Å². The van der Waals surface area contributed by atoms with Gasteiger partial charge in [-0.05, 0) is 65.1 Å². The first-order chi connectivity index (χ1) is 17.0. The number of fused-ring (bicyclic) bond motifs is 2. The summed E-state index contributed by atoms with van der Waals surface area (Å²) >= 11 is 1.76. The lowest BCUT2D eigenvalue weighted by Crippen LogP contribution is -2.52. The topological polar surface area (TPSA) is 90.6 Å². The van der Waals surface area contributed by atoms with Crippen LogP contribution in [0, 0.1) is 5.92 Å². The monoisotopic (exact) mass is 488 g/mol. The number of aromatic nitrogens is 5. The van der Waals surface area contributed by atoms with E-state index in [9.17, 15) is 4.79 Å². The van der Waals surface area contributed by atoms with Crippen LogP contribution in [0.1, 0.15) is 69.7 Å². The number of thiophene rings is 1. The van der Waals surface area contributed by atoms with E-state index in [1.807, 2.05) is 0 Å². The third-order valence-corrected chi connectivity index (χ3v) is 9.11. The second-order valence-electron chi connectivity index (χ2n) is 10.8. The molecule has 3 aromatic heterocycles. The van der Waals surface area contributed by atoms with E-state index in [4.69, 9.17) is 0 Å². The largest absolute Gasteiger partial charge is 0.361 e. The number of nitrogens with one attached hydrogen (secondary N) is 2. The van der Waals surface area contributed by atoms with Crippen LogP contribution in [-0.2, 0) is 10.2 Å². The zero-order valence-corrected chi connectivity index (χ0v) is 21.1. The number of nitrogens with zero attached hydrogens (tertiary/aromatic N) is 4. The quantitative estimate of drug-likeness (QED) is 0.380. The fourth-order valence-corrected chi connectivity index (χ4v) is 7.35. The van der Waals surface area contributed by atoms with Crippen molar-refractivity contribution < 1.29 is 4.79 Å². The Balaban J connectivity index is 1.28. The minimum atomic E-state index is -0.293. The molecular formula is C27H32N6OS. The number of tetrazole rings is 1. The number of carbonyl (C=O) groups is 1. The van der Waals surface area contributed by atoms with Gasteiger partial charge in [-0.2, -0.15) is 0 Å². The third kappa shape index (κ3) is 3.97. The molecule has 0 radical (unpaired) electrons. The lowest BCUT2D eigenvalue weighted by Gasteiger charge is -2.47. The number of hydrogen-bond acceptors (Lipinski definition) is 5. The van der Waals surface area contributed by atoms with Crippen LogP contribution in [0.15, 0.2) is 41.9 Å². The number of rotatable bonds is 5. The van der Waals surface area contributed by atoms with Crippen molar-refractivity contribution in [3.8, 4) is 10.4 Å². The van der Waals surface area contributed by atoms with Crippen LogP contribution in [0.3, 0.4) is 0 Å². The maximum Gasteiger partial charge on any atom is 0.223 e. The minimum Gasteiger partial charge on any atom is -0.361 e. The van der Waals surface area contributed by atoms with Crippen molar-refractivity contribution in [2.75, 3.05) is 6.54 Å². The Morgan fingerprint density at radius 2 is 2.09 bits per heavy atom. The Morgan fingerprint density at radius 1 is 1.17 bits per heavy atom. The van der Waals surface area contributed by atoms with Crippen molar-refractivity contribution in [3.05, 3.63) is 53.3 Å². The molecule has 7 nitrogen and oxygen atoms in total. The van der Waals surface area contributed by atoms with E-state index in [1.165, 1.54) is 21.4 Å². The van der Waals surface area contributed by atoms with E-state index in [2.05, 4.69) is 86.3 Å². The van der Waals surface area contributed by atoms with Gasteiger partial charge < -0.3 is 9.88 Å². The molecule has 8 heteroatoms. The third-order valence-electron chi connectivity index (χ3n) is 8.21. The molecule has 2 N–H and O–H groups in total. The van der Waals surface area contributed by atoms with E-state index in [1.54, 1.807) is 11.3 Å². The van der Waals surface area contributed by atoms with Crippen LogP contribution in [0.4, 0.5) is 0 Å². The Hall–Kier alpha value is -3.00. The lowest BCUT2D eigenvalue weighted by atomic mass is 9.70. The van der Waals surface area contributed by atoms with Crippen LogP contribution in [-0.4, -0.2) is 49.0 Å². The molecule has 1 amide bonds. The highest BCUT2D eigenvalue weighted by molar-refractivity contribution is 7.13. The predicted octanol–water partition coefficient (Wildman–Crippen LogP) is 5.65. The van der Waals surface area contributed by atoms with E-state index in [0.29, 0.717) is 18.3 Å². The summed E-state index contributed by atoms with van der Waals surface area (Å²) in [6.07, 6.45) is 8.05. The fourth-order valence-electron chi connectivity index (χ4n) is 6.59. The standard InChI is InChI=1S/C27H32N6OS/c1-27(2,20-16-28-21-10-3-8-19(25(20)21)23-12-6-14-35-23)15-24(34)33-13-5-9-17-18(7-4-11-22(17)33)26-29-31-32-30-26/h3,6,8,10,12,14,16-18,22,28H,4-5,7,9,11,13,15H2,1-2H3,(H,29,30,31,32). The molecule has 35 heavy (non-hydrogen) atoms. The van der Waals surface area contributed by atoms with Crippen LogP contribution in [0.2, 0.25) is 0 Å². The first-order valence-corrected chi connectivity index (χ1v) is 13.6. The van der Waals surface area contributed by atoms with Crippen molar-refractivity contribution in [1.82, 2.24) is 30.5 Å². The summed E-state index contributed by atoms with van der Waals surface area (Å²) < 4.78 is 0. The number of likely N-dealkylation sites (tertiary alicyclic amines) is 1. The number of piperidine rings is 1. The van der Waals surface area contributed by atoms with Gasteiger partial charge in [0.05, 0.1) is 0 Å². The van der Waals surface area contributed by atoms with E-state index in [-0.39, 0.29) is 17.4 Å². The molecule has 0 spiro atoms. The molecule has 4 aromatic rings. The summed E-state index contributed by atoms with van der Waals surface area (Å²) in [5.41, 5.74) is 3.29. The number of carbonyl (C=O) groups excluding carboxylic acids is 1. The highest BCUT2D eigenvalue weighted by Gasteiger charge is 2.43. The van der Waals surface area contributed by atoms with Crippen molar-refractivity contribution >= 4 is 28.1 Å². The van der Waals surface area contributed by atoms with Gasteiger partial charge in [0, 0.05) is 57.9 Å². The Kier molecular flexibility index (Phi) is 5.71. The molecule has 1 aromatic carbocycles. The maximum absolute atomic E-state index is 13.9. The van der Waals surface area contributed by atoms with Gasteiger partial charge in [0.2, 0.25) is 5.91 Å². The molecular weight excluding hydrogens is 456 g/mol. The molecule has 3 unspecified atom stereocenters. The summed E-state index contributed by atoms with van der Waals surface area (Å²) in [5.74, 6) is 1.89. The normalized spacial score (nSPS) is 22.9. The van der Waals surface area contributed by atoms with Gasteiger partial charge in [-0.15, -0.1) is 16.4 Å². The van der Waals surface area contributed by atoms with Gasteiger partial charge in [-0.3, -0.25) is 4.79 Å². The number of benzene rings is 1. The Bertz CT molecular complexity index is 1310. The maximum atomic E-state index is 13.9. The first kappa shape index (κ1) is 22.5. The zero-order chi connectivity index (χ0) is 24.0. The highest BCUT2D eigenvalue weighted by atomic mass is 32.1. The molecule has 1 aliphatic carbocycles. The van der Waals surface area contributed by atoms with Crippen molar-refractivity contribution in [1.29, 1.82) is 0 Å². The number of amides is 1. The SMILES string of the molecule is CC(C)(CC(=O)N1CCCC2C(c3nnn[nH]3)CCCC21)c1c[nH]c2cccc(-c3cccs3)c12. The van der Waals surface area contributed by atoms with Crippen LogP contribution in [0.25, 0.3) is 21.3 Å². The molecule has 2 fully saturated rings. The van der Waals surface area contributed by atoms with Gasteiger partial charge in [0.1, 0.15) is 0 Å². The fraction of sp³-hybridized carbons (Fsp3) is 0.481. The van der Waals surface area contributed by atoms with Crippen LogP contribution >= 0.6 is 11.3 Å². The van der Waals surface area contributed by atoms with Crippen molar-refractivity contribution in [2.24, 2.45) is 5.92 Å². The summed E-state index contributed by atoms with van der Waals surface area (Å²) in [7, 11) is 0. The smallest absolute Gasteiger partial charge is 0.223 e. The molecule has 1 saturated heterocycles. The van der Waals surface area contributed by atoms with E-state index < -0.39 is 0 Å². The molecule has 182 valence electrons. The second kappa shape index (κ2) is 8.90. The van der Waals surface area contributed by atoms with Gasteiger partial charge in [0.15, 0.2) is 5.82 Å². The minimum absolute atomic E-state index is 0.268. The summed E-state index contributed by atoms with van der Waals surface area (Å²) in [6, 6.07) is 11.0. The molecule has 2 aliphatic rings. The Morgan fingerprint density at radius 3 is 2.89 bits per heavy atom. The van der Waals surface area contributed by atoms with Crippen molar-refractivity contribution in [2.45, 2.75) is 69.7 Å². The summed E-state index contributed by atoms with van der Waals surface area (Å²) in [4.78, 5) is 20.8. The van der Waals surface area contributed by atoms with Gasteiger partial charge in [-0.25, -0.2) is 5.10 Å². The highest BCUT2D eigenvalue weighted by Crippen LogP contribution is 2.45. The molecule has 3 atom stereocenters. The summed E-state index contributed by atoms with van der Waals surface area (Å²) in [6.45, 7) is 5.28. The lowest BCUT2D eigenvalue weighted by molar-refractivity contribution is -0.139. The first-order valence-electron chi connectivity index (χ1n) is 12.7. The molecule has 6 rings (SSSR count). The average molecular weight is 489 g/mol. The van der Waals surface area contributed by atoms with Gasteiger partial charge in [0.25, 0.3) is 0 Å². The van der Waals surface area contributed by atoms with E-state index >= 15 is 0 Å². The molecule has 1 aliphatic heterocycles. The molecule has 1 saturated carbocycles. The predicted molar refractivity (Wildman–Crippen MR) is 138 cm³/mol. The van der Waals surface area contributed by atoms with Crippen molar-refractivity contribution in [3.63, 3.8) is 0 Å². The van der Waals surface area contributed by atoms with Gasteiger partial charge >= 0.3 is 0 Å². The summed E-state index contributed by atoms with van der Waals surface area (Å²) in [5, 5.41) is 18.2. The second-order valence-corrected chi connectivity index (χ2v) is 11.7. The van der Waals surface area contributed by atoms with Crippen LogP contribution < -0.4 is 0 Å². The molecule has 0 bridgehead atoms. The van der Waals surface area contributed by atoms with E-state index in [0.717, 1.165) is 50.0 Å². The number of aromatic amines is 2. The zero-order valence-electron chi connectivity index (χ0n) is 20.3. The van der Waals surface area contributed by atoms with Crippen LogP contribution in [0.5, 0.6) is 0 Å². The average Bonchev–Trinajstić information content (AvgIpc) is 3.64. The Labute approximate surface area is 209 Å². The number of H-pyrrole nitrogens is 2. The molecule has 4 heterocycles.